The van der Waals surface area contributed by atoms with Crippen LogP contribution in [0.5, 0.6) is 5.75 Å². The van der Waals surface area contributed by atoms with Gasteiger partial charge in [0.25, 0.3) is 0 Å². The standard InChI is InChI=1S/C15H22N2O3.ClH/c1-11(2)20-14-6-4-3-5-13(14)17-15(18)9-12-10-16-7-8-19-12;/h3-6,11-12,16H,7-10H2,1-2H3,(H,17,18);1H. The summed E-state index contributed by atoms with van der Waals surface area (Å²) >= 11 is 0. The second-order valence-corrected chi connectivity index (χ2v) is 5.11. The second-order valence-electron chi connectivity index (χ2n) is 5.11. The summed E-state index contributed by atoms with van der Waals surface area (Å²) in [4.78, 5) is 12.0. The van der Waals surface area contributed by atoms with Gasteiger partial charge in [-0.05, 0) is 26.0 Å². The van der Waals surface area contributed by atoms with Gasteiger partial charge in [0, 0.05) is 13.1 Å². The minimum Gasteiger partial charge on any atom is -0.489 e. The van der Waals surface area contributed by atoms with Gasteiger partial charge in [0.1, 0.15) is 5.75 Å². The van der Waals surface area contributed by atoms with Gasteiger partial charge >= 0.3 is 0 Å². The molecule has 6 heteroatoms. The van der Waals surface area contributed by atoms with Crippen molar-refractivity contribution in [2.24, 2.45) is 0 Å². The van der Waals surface area contributed by atoms with Crippen LogP contribution in [-0.4, -0.2) is 37.8 Å². The second kappa shape index (κ2) is 8.87. The molecule has 118 valence electrons. The number of nitrogens with one attached hydrogen (secondary N) is 2. The number of anilines is 1. The van der Waals surface area contributed by atoms with E-state index in [2.05, 4.69) is 10.6 Å². The summed E-state index contributed by atoms with van der Waals surface area (Å²) in [6, 6.07) is 7.47. The average Bonchev–Trinajstić information content (AvgIpc) is 2.41. The van der Waals surface area contributed by atoms with Crippen LogP contribution in [-0.2, 0) is 9.53 Å². The molecule has 1 aliphatic heterocycles. The average molecular weight is 315 g/mol. The molecule has 1 heterocycles. The van der Waals surface area contributed by atoms with E-state index in [0.29, 0.717) is 24.5 Å². The Hall–Kier alpha value is -1.30. The van der Waals surface area contributed by atoms with Gasteiger partial charge in [-0.2, -0.15) is 0 Å². The van der Waals surface area contributed by atoms with Crippen molar-refractivity contribution in [2.75, 3.05) is 25.0 Å². The Morgan fingerprint density at radius 3 is 2.90 bits per heavy atom. The Labute approximate surface area is 131 Å². The van der Waals surface area contributed by atoms with Gasteiger partial charge in [-0.3, -0.25) is 4.79 Å². The molecule has 1 amide bonds. The molecule has 0 spiro atoms. The smallest absolute Gasteiger partial charge is 0.227 e. The van der Waals surface area contributed by atoms with Crippen molar-refractivity contribution in [1.29, 1.82) is 0 Å². The first-order valence-corrected chi connectivity index (χ1v) is 7.03. The van der Waals surface area contributed by atoms with Gasteiger partial charge in [-0.1, -0.05) is 12.1 Å². The van der Waals surface area contributed by atoms with Crippen LogP contribution in [0.1, 0.15) is 20.3 Å². The number of morpholine rings is 1. The lowest BCUT2D eigenvalue weighted by Gasteiger charge is -2.23. The molecule has 0 radical (unpaired) electrons. The van der Waals surface area contributed by atoms with Crippen molar-refractivity contribution in [2.45, 2.75) is 32.5 Å². The number of rotatable bonds is 5. The lowest BCUT2D eigenvalue weighted by atomic mass is 10.2. The van der Waals surface area contributed by atoms with E-state index in [4.69, 9.17) is 9.47 Å². The monoisotopic (exact) mass is 314 g/mol. The molecule has 5 nitrogen and oxygen atoms in total. The molecule has 2 N–H and O–H groups in total. The SMILES string of the molecule is CC(C)Oc1ccccc1NC(=O)CC1CNCCO1.Cl. The van der Waals surface area contributed by atoms with E-state index in [9.17, 15) is 4.79 Å². The van der Waals surface area contributed by atoms with Gasteiger partial charge in [-0.15, -0.1) is 12.4 Å². The summed E-state index contributed by atoms with van der Waals surface area (Å²) in [5.41, 5.74) is 0.704. The first kappa shape index (κ1) is 17.8. The lowest BCUT2D eigenvalue weighted by Crippen LogP contribution is -2.40. The Morgan fingerprint density at radius 2 is 2.24 bits per heavy atom. The summed E-state index contributed by atoms with van der Waals surface area (Å²) < 4.78 is 11.2. The molecule has 1 atom stereocenters. The van der Waals surface area contributed by atoms with Gasteiger partial charge in [-0.25, -0.2) is 0 Å². The fraction of sp³-hybridized carbons (Fsp3) is 0.533. The van der Waals surface area contributed by atoms with E-state index in [-0.39, 0.29) is 30.5 Å². The third kappa shape index (κ3) is 5.91. The van der Waals surface area contributed by atoms with E-state index in [1.54, 1.807) is 0 Å². The summed E-state index contributed by atoms with van der Waals surface area (Å²) in [6.45, 7) is 6.14. The zero-order chi connectivity index (χ0) is 14.4. The van der Waals surface area contributed by atoms with E-state index in [1.165, 1.54) is 0 Å². The van der Waals surface area contributed by atoms with E-state index in [1.807, 2.05) is 38.1 Å². The van der Waals surface area contributed by atoms with E-state index in [0.717, 1.165) is 13.1 Å². The van der Waals surface area contributed by atoms with Crippen molar-refractivity contribution < 1.29 is 14.3 Å². The van der Waals surface area contributed by atoms with Crippen molar-refractivity contribution in [1.82, 2.24) is 5.32 Å². The highest BCUT2D eigenvalue weighted by atomic mass is 35.5. The summed E-state index contributed by atoms with van der Waals surface area (Å²) in [5.74, 6) is 0.636. The minimum atomic E-state index is -0.0569. The Kier molecular flexibility index (Phi) is 7.50. The molecule has 2 rings (SSSR count). The number of hydrogen-bond acceptors (Lipinski definition) is 4. The van der Waals surface area contributed by atoms with Crippen molar-refractivity contribution >= 4 is 24.0 Å². The highest BCUT2D eigenvalue weighted by molar-refractivity contribution is 5.92. The molecule has 1 fully saturated rings. The number of carbonyl (C=O) groups is 1. The van der Waals surface area contributed by atoms with Crippen LogP contribution in [0, 0.1) is 0 Å². The minimum absolute atomic E-state index is 0. The number of ether oxygens (including phenoxy) is 2. The number of para-hydroxylation sites is 2. The first-order chi connectivity index (χ1) is 9.65. The summed E-state index contributed by atoms with van der Waals surface area (Å²) in [6.07, 6.45) is 0.365. The molecule has 0 bridgehead atoms. The summed E-state index contributed by atoms with van der Waals surface area (Å²) in [7, 11) is 0. The van der Waals surface area contributed by atoms with Crippen LogP contribution >= 0.6 is 12.4 Å². The molecular formula is C15H23ClN2O3. The number of amides is 1. The van der Waals surface area contributed by atoms with Crippen molar-refractivity contribution in [3.05, 3.63) is 24.3 Å². The van der Waals surface area contributed by atoms with Gasteiger partial charge in [0.05, 0.1) is 30.9 Å². The Balaban J connectivity index is 0.00000220. The van der Waals surface area contributed by atoms with Crippen LogP contribution in [0.25, 0.3) is 0 Å². The van der Waals surface area contributed by atoms with Crippen molar-refractivity contribution in [3.8, 4) is 5.75 Å². The zero-order valence-electron chi connectivity index (χ0n) is 12.4. The molecule has 1 unspecified atom stereocenters. The Morgan fingerprint density at radius 1 is 1.48 bits per heavy atom. The molecule has 1 aliphatic rings. The van der Waals surface area contributed by atoms with Gasteiger partial charge in [0.15, 0.2) is 0 Å². The normalized spacial score (nSPS) is 18.0. The fourth-order valence-corrected chi connectivity index (χ4v) is 2.09. The molecule has 1 saturated heterocycles. The predicted octanol–water partition coefficient (Wildman–Crippen LogP) is 2.21. The van der Waals surface area contributed by atoms with Crippen molar-refractivity contribution in [3.63, 3.8) is 0 Å². The van der Waals surface area contributed by atoms with Crippen LogP contribution in [0.15, 0.2) is 24.3 Å². The molecule has 0 aromatic heterocycles. The molecule has 21 heavy (non-hydrogen) atoms. The lowest BCUT2D eigenvalue weighted by molar-refractivity contribution is -0.119. The number of carbonyl (C=O) groups excluding carboxylic acids is 1. The maximum Gasteiger partial charge on any atom is 0.227 e. The molecule has 1 aromatic carbocycles. The van der Waals surface area contributed by atoms with Crippen LogP contribution in [0.4, 0.5) is 5.69 Å². The third-order valence-corrected chi connectivity index (χ3v) is 2.94. The zero-order valence-corrected chi connectivity index (χ0v) is 13.2. The number of benzene rings is 1. The van der Waals surface area contributed by atoms with E-state index >= 15 is 0 Å². The summed E-state index contributed by atoms with van der Waals surface area (Å²) in [5, 5.41) is 6.10. The topological polar surface area (TPSA) is 59.6 Å². The number of hydrogen-bond donors (Lipinski definition) is 2. The van der Waals surface area contributed by atoms with Crippen LogP contribution in [0.3, 0.4) is 0 Å². The van der Waals surface area contributed by atoms with E-state index < -0.39 is 0 Å². The molecular weight excluding hydrogens is 292 g/mol. The van der Waals surface area contributed by atoms with Crippen LogP contribution < -0.4 is 15.4 Å². The highest BCUT2D eigenvalue weighted by Gasteiger charge is 2.18. The molecule has 1 aromatic rings. The van der Waals surface area contributed by atoms with Gasteiger partial charge in [0.2, 0.25) is 5.91 Å². The quantitative estimate of drug-likeness (QED) is 0.875. The largest absolute Gasteiger partial charge is 0.489 e. The highest BCUT2D eigenvalue weighted by Crippen LogP contribution is 2.25. The third-order valence-electron chi connectivity index (χ3n) is 2.94. The number of halogens is 1. The Bertz CT molecular complexity index is 448. The fourth-order valence-electron chi connectivity index (χ4n) is 2.09. The molecule has 0 aliphatic carbocycles. The maximum absolute atomic E-state index is 12.0. The predicted molar refractivity (Wildman–Crippen MR) is 85.3 cm³/mol. The first-order valence-electron chi connectivity index (χ1n) is 7.03. The molecule has 0 saturated carbocycles. The van der Waals surface area contributed by atoms with Gasteiger partial charge < -0.3 is 20.1 Å². The van der Waals surface area contributed by atoms with Crippen LogP contribution in [0.2, 0.25) is 0 Å². The maximum atomic E-state index is 12.0.